The molecule has 1 saturated heterocycles. The van der Waals surface area contributed by atoms with Gasteiger partial charge in [0.15, 0.2) is 0 Å². The summed E-state index contributed by atoms with van der Waals surface area (Å²) in [5.74, 6) is 0.559. The van der Waals surface area contributed by atoms with E-state index in [9.17, 15) is 15.3 Å². The van der Waals surface area contributed by atoms with Gasteiger partial charge in [0.25, 0.3) is 0 Å². The van der Waals surface area contributed by atoms with E-state index in [1.165, 1.54) is 6.26 Å². The number of hydrogen-bond donors (Lipinski definition) is 4. The van der Waals surface area contributed by atoms with Crippen LogP contribution in [0.2, 0.25) is 0 Å². The normalized spacial score (nSPS) is 31.7. The number of aliphatic hydroxyl groups is 3. The molecule has 1 aliphatic rings. The fourth-order valence-electron chi connectivity index (χ4n) is 1.65. The summed E-state index contributed by atoms with van der Waals surface area (Å²) >= 11 is 0. The third-order valence-electron chi connectivity index (χ3n) is 2.48. The summed E-state index contributed by atoms with van der Waals surface area (Å²) in [7, 11) is 0. The Labute approximate surface area is 207 Å². The fourth-order valence-corrected chi connectivity index (χ4v) is 1.65. The fraction of sp³-hybridized carbons (Fsp3) is 0.556. The Hall–Kier alpha value is 3.44. The molecule has 0 saturated carbocycles. The predicted molar refractivity (Wildman–Crippen MR) is 47.5 cm³/mol. The molecule has 0 unspecified atom stereocenters. The third-order valence-corrected chi connectivity index (χ3v) is 2.48. The quantitative estimate of drug-likeness (QED) is 0.292. The molecule has 4 atom stereocenters. The molecule has 1 aromatic rings. The number of hydrogen-bond acceptors (Lipinski definition) is 5. The van der Waals surface area contributed by atoms with E-state index in [2.05, 4.69) is 5.32 Å². The largest absolute Gasteiger partial charge is 0.468 e. The van der Waals surface area contributed by atoms with Crippen LogP contribution in [0.25, 0.3) is 0 Å². The number of aliphatic hydroxyl groups excluding tert-OH is 3. The molecule has 3 radical (unpaired) electrons. The zero-order valence-electron chi connectivity index (χ0n) is 9.23. The van der Waals surface area contributed by atoms with Gasteiger partial charge in [-0.25, -0.2) is 0 Å². The van der Waals surface area contributed by atoms with Gasteiger partial charge in [0, 0.05) is 139 Å². The van der Waals surface area contributed by atoms with Gasteiger partial charge in [-0.3, -0.25) is 0 Å². The molecule has 0 aliphatic carbocycles. The zero-order chi connectivity index (χ0) is 10.1. The maximum atomic E-state index is 9.65. The van der Waals surface area contributed by atoms with E-state index < -0.39 is 24.4 Å². The molecule has 8 heteroatoms. The monoisotopic (exact) mass is 880 g/mol. The Morgan fingerprint density at radius 1 is 1.12 bits per heavy atom. The summed E-state index contributed by atoms with van der Waals surface area (Å²) in [6.07, 6.45) is -1.62. The van der Waals surface area contributed by atoms with Crippen molar-refractivity contribution in [2.75, 3.05) is 6.54 Å². The van der Waals surface area contributed by atoms with E-state index >= 15 is 0 Å². The van der Waals surface area contributed by atoms with Crippen molar-refractivity contribution in [1.29, 1.82) is 0 Å². The van der Waals surface area contributed by atoms with Gasteiger partial charge in [-0.05, 0) is 12.1 Å². The van der Waals surface area contributed by atoms with E-state index in [-0.39, 0.29) is 139 Å². The summed E-state index contributed by atoms with van der Waals surface area (Å²) < 4.78 is 5.11. The van der Waals surface area contributed by atoms with E-state index in [4.69, 9.17) is 4.42 Å². The second-order valence-corrected chi connectivity index (χ2v) is 3.45. The number of furan rings is 1. The van der Waals surface area contributed by atoms with Gasteiger partial charge in [-0.2, -0.15) is 0 Å². The minimum atomic E-state index is -1.13. The maximum absolute atomic E-state index is 9.65. The van der Waals surface area contributed by atoms with E-state index in [1.807, 2.05) is 0 Å². The van der Waals surface area contributed by atoms with E-state index in [1.54, 1.807) is 12.1 Å². The topological polar surface area (TPSA) is 85.9 Å². The summed E-state index contributed by atoms with van der Waals surface area (Å²) in [4.78, 5) is 0. The molecule has 1 fully saturated rings. The molecule has 17 heavy (non-hydrogen) atoms. The maximum Gasteiger partial charge on any atom is 0.123 e. The Kier molecular flexibility index (Phi) is 14.8. The second-order valence-electron chi connectivity index (χ2n) is 3.45. The predicted octanol–water partition coefficient (Wildman–Crippen LogP) is -0.993. The van der Waals surface area contributed by atoms with Crippen molar-refractivity contribution in [3.05, 3.63) is 24.2 Å². The van der Waals surface area contributed by atoms with Crippen molar-refractivity contribution in [1.82, 2.24) is 5.32 Å². The molecule has 5 nitrogen and oxygen atoms in total. The van der Waals surface area contributed by atoms with Crippen LogP contribution in [0.15, 0.2) is 22.8 Å². The van der Waals surface area contributed by atoms with Crippen LogP contribution < -0.4 is 5.32 Å². The van der Waals surface area contributed by atoms with Crippen LogP contribution in [-0.4, -0.2) is 40.2 Å². The van der Waals surface area contributed by atoms with Crippen molar-refractivity contribution in [3.8, 4) is 0 Å². The van der Waals surface area contributed by atoms with Gasteiger partial charge in [0.1, 0.15) is 18.0 Å². The number of rotatable bonds is 1. The van der Waals surface area contributed by atoms with Gasteiger partial charge >= 0.3 is 0 Å². The van der Waals surface area contributed by atoms with Crippen molar-refractivity contribution in [2.24, 2.45) is 0 Å². The summed E-state index contributed by atoms with van der Waals surface area (Å²) in [6, 6.07) is 2.97. The van der Waals surface area contributed by atoms with Gasteiger partial charge in [0.2, 0.25) is 0 Å². The Morgan fingerprint density at radius 3 is 2.29 bits per heavy atom. The van der Waals surface area contributed by atoms with Crippen molar-refractivity contribution in [2.45, 2.75) is 24.4 Å². The minimum absolute atomic E-state index is 0. The molecule has 1 aliphatic heterocycles. The molecule has 2 heterocycles. The van der Waals surface area contributed by atoms with Crippen LogP contribution in [0.1, 0.15) is 11.8 Å². The average molecular weight is 880 g/mol. The molecule has 0 aromatic carbocycles. The first-order chi connectivity index (χ1) is 6.70. The van der Waals surface area contributed by atoms with Gasteiger partial charge < -0.3 is 25.1 Å². The van der Waals surface area contributed by atoms with Crippen LogP contribution in [0.3, 0.4) is 0 Å². The average Bonchev–Trinajstić information content (AvgIpc) is 2.67. The molecular weight excluding hydrogens is 867 g/mol. The zero-order valence-corrected chi connectivity index (χ0v) is 23.5. The van der Waals surface area contributed by atoms with Crippen molar-refractivity contribution < 1.29 is 152 Å². The van der Waals surface area contributed by atoms with E-state index in [0.717, 1.165) is 0 Å². The summed E-state index contributed by atoms with van der Waals surface area (Å²) in [5, 5.41) is 31.2. The number of nitrogens with one attached hydrogen (secondary N) is 1. The van der Waals surface area contributed by atoms with E-state index in [0.29, 0.717) is 5.76 Å². The van der Waals surface area contributed by atoms with Crippen LogP contribution >= 0.6 is 0 Å². The molecule has 0 spiro atoms. The molecule has 87 valence electrons. The molecule has 1 aromatic heterocycles. The SMILES string of the molecule is O[C@@H]1[C@@H](O)[C@@H](c2ccco2)NC[C@H]1O.[Ac].[Ac].[Ac]. The smallest absolute Gasteiger partial charge is 0.123 e. The van der Waals surface area contributed by atoms with Crippen LogP contribution in [0.4, 0.5) is 0 Å². The van der Waals surface area contributed by atoms with Crippen molar-refractivity contribution in [3.63, 3.8) is 0 Å². The Morgan fingerprint density at radius 2 is 1.76 bits per heavy atom. The Bertz CT molecular complexity index is 298. The first-order valence-electron chi connectivity index (χ1n) is 4.51. The van der Waals surface area contributed by atoms with Gasteiger partial charge in [-0.15, -0.1) is 0 Å². The number of β-amino-alcohol motifs (C(OH)–C–C–N with tert-alkyl or cyclic N) is 1. The summed E-state index contributed by atoms with van der Waals surface area (Å²) in [6.45, 7) is 0.240. The molecule has 0 amide bonds. The van der Waals surface area contributed by atoms with Crippen LogP contribution in [0, 0.1) is 132 Å². The van der Waals surface area contributed by atoms with Gasteiger partial charge in [0.05, 0.1) is 18.4 Å². The second kappa shape index (κ2) is 11.1. The molecule has 4 N–H and O–H groups in total. The minimum Gasteiger partial charge on any atom is -0.468 e. The molecular formula is C9H13Ac3NO4. The number of piperidine rings is 1. The van der Waals surface area contributed by atoms with Crippen LogP contribution in [0.5, 0.6) is 0 Å². The molecule has 0 bridgehead atoms. The summed E-state index contributed by atoms with van der Waals surface area (Å²) in [5.41, 5.74) is 0. The third kappa shape index (κ3) is 5.98. The molecule has 2 rings (SSSR count). The first kappa shape index (κ1) is 22.7. The Balaban J connectivity index is 0. The van der Waals surface area contributed by atoms with Gasteiger partial charge in [-0.1, -0.05) is 0 Å². The standard InChI is InChI=1S/C9H13NO4.3Ac/c11-5-4-10-7(9(13)8(5)12)6-2-1-3-14-6;;;/h1-3,5,7-13H,4H2;;;/t5-,7-,8+,9+;;;/m1.../s1. The first-order valence-corrected chi connectivity index (χ1v) is 4.51. The van der Waals surface area contributed by atoms with Crippen molar-refractivity contribution >= 4 is 0 Å². The van der Waals surface area contributed by atoms with Crippen LogP contribution in [-0.2, 0) is 0 Å².